The molecule has 0 aliphatic heterocycles. The first-order chi connectivity index (χ1) is 13.2. The minimum Gasteiger partial charge on any atom is -0.324 e. The van der Waals surface area contributed by atoms with Crippen LogP contribution in [0.25, 0.3) is 0 Å². The third kappa shape index (κ3) is 11.5. The SMILES string of the molecule is CCCCCCCCCCCCCC(N)c1cccc(CCC)c1CCC.Cl. The molecule has 0 fully saturated rings. The van der Waals surface area contributed by atoms with E-state index in [2.05, 4.69) is 39.0 Å². The number of hydrogen-bond donors (Lipinski definition) is 1. The van der Waals surface area contributed by atoms with Crippen molar-refractivity contribution in [1.29, 1.82) is 0 Å². The number of aryl methyl sites for hydroxylation is 1. The van der Waals surface area contributed by atoms with Crippen LogP contribution >= 0.6 is 12.4 Å². The average Bonchev–Trinajstić information content (AvgIpc) is 2.67. The molecular weight excluding hydrogens is 362 g/mol. The Labute approximate surface area is 182 Å². The molecule has 28 heavy (non-hydrogen) atoms. The molecule has 164 valence electrons. The summed E-state index contributed by atoms with van der Waals surface area (Å²) in [7, 11) is 0. The van der Waals surface area contributed by atoms with E-state index in [0.29, 0.717) is 0 Å². The lowest BCUT2D eigenvalue weighted by Gasteiger charge is -2.19. The van der Waals surface area contributed by atoms with Gasteiger partial charge in [0.2, 0.25) is 0 Å². The molecule has 0 radical (unpaired) electrons. The smallest absolute Gasteiger partial charge is 0.0297 e. The maximum absolute atomic E-state index is 6.61. The molecule has 1 rings (SSSR count). The third-order valence-electron chi connectivity index (χ3n) is 5.85. The zero-order valence-electron chi connectivity index (χ0n) is 19.1. The van der Waals surface area contributed by atoms with E-state index in [0.717, 1.165) is 6.42 Å². The molecule has 1 aromatic carbocycles. The Morgan fingerprint density at radius 2 is 1.21 bits per heavy atom. The van der Waals surface area contributed by atoms with Crippen LogP contribution in [-0.2, 0) is 12.8 Å². The first kappa shape index (κ1) is 27.5. The van der Waals surface area contributed by atoms with Gasteiger partial charge in [0.05, 0.1) is 0 Å². The molecule has 2 heteroatoms. The van der Waals surface area contributed by atoms with Crippen molar-refractivity contribution in [3.63, 3.8) is 0 Å². The van der Waals surface area contributed by atoms with E-state index >= 15 is 0 Å². The summed E-state index contributed by atoms with van der Waals surface area (Å²) in [4.78, 5) is 0. The van der Waals surface area contributed by atoms with Crippen molar-refractivity contribution >= 4 is 12.4 Å². The quantitative estimate of drug-likeness (QED) is 0.255. The molecule has 0 saturated heterocycles. The van der Waals surface area contributed by atoms with Gasteiger partial charge >= 0.3 is 0 Å². The van der Waals surface area contributed by atoms with Gasteiger partial charge in [0.15, 0.2) is 0 Å². The minimum atomic E-state index is 0. The number of halogens is 1. The van der Waals surface area contributed by atoms with Crippen molar-refractivity contribution in [2.45, 2.75) is 130 Å². The molecule has 1 aromatic rings. The fourth-order valence-corrected chi connectivity index (χ4v) is 4.24. The number of nitrogens with two attached hydrogens (primary N) is 1. The topological polar surface area (TPSA) is 26.0 Å². The molecule has 0 saturated carbocycles. The first-order valence-electron chi connectivity index (χ1n) is 12.1. The van der Waals surface area contributed by atoms with Crippen LogP contribution < -0.4 is 5.73 Å². The van der Waals surface area contributed by atoms with Crippen LogP contribution in [0.2, 0.25) is 0 Å². The van der Waals surface area contributed by atoms with Crippen LogP contribution in [0.3, 0.4) is 0 Å². The molecule has 0 aliphatic carbocycles. The van der Waals surface area contributed by atoms with Crippen LogP contribution in [0.15, 0.2) is 18.2 Å². The molecule has 1 nitrogen and oxygen atoms in total. The molecule has 2 N–H and O–H groups in total. The average molecular weight is 410 g/mol. The van der Waals surface area contributed by atoms with E-state index in [9.17, 15) is 0 Å². The van der Waals surface area contributed by atoms with Crippen molar-refractivity contribution in [3.05, 3.63) is 34.9 Å². The van der Waals surface area contributed by atoms with Crippen LogP contribution in [0.4, 0.5) is 0 Å². The van der Waals surface area contributed by atoms with Crippen LogP contribution in [0, 0.1) is 0 Å². The fraction of sp³-hybridized carbons (Fsp3) is 0.769. The molecule has 0 amide bonds. The molecular formula is C26H48ClN. The Bertz CT molecular complexity index is 472. The molecule has 0 bridgehead atoms. The number of unbranched alkanes of at least 4 members (excludes halogenated alkanes) is 10. The summed E-state index contributed by atoms with van der Waals surface area (Å²) in [6.45, 7) is 6.84. The second-order valence-corrected chi connectivity index (χ2v) is 8.42. The Hall–Kier alpha value is -0.530. The normalized spacial score (nSPS) is 12.0. The summed E-state index contributed by atoms with van der Waals surface area (Å²) in [5.41, 5.74) is 11.1. The van der Waals surface area contributed by atoms with Gasteiger partial charge in [-0.3, -0.25) is 0 Å². The zero-order valence-corrected chi connectivity index (χ0v) is 19.9. The van der Waals surface area contributed by atoms with Gasteiger partial charge in [-0.2, -0.15) is 0 Å². The molecule has 0 heterocycles. The molecule has 0 spiro atoms. The molecule has 1 unspecified atom stereocenters. The molecule has 1 atom stereocenters. The predicted octanol–water partition coefficient (Wildman–Crippen LogP) is 8.71. The van der Waals surface area contributed by atoms with E-state index in [1.54, 1.807) is 5.56 Å². The standard InChI is InChI=1S/C26H47N.ClH/c1-4-7-8-9-10-11-12-13-14-15-16-22-26(27)25-21-17-20-23(18-5-2)24(25)19-6-3;/h17,20-21,26H,4-16,18-19,22,27H2,1-3H3;1H. The van der Waals surface area contributed by atoms with Crippen molar-refractivity contribution < 1.29 is 0 Å². The summed E-state index contributed by atoms with van der Waals surface area (Å²) in [5, 5.41) is 0. The largest absolute Gasteiger partial charge is 0.324 e. The maximum atomic E-state index is 6.61. The molecule has 0 aromatic heterocycles. The Morgan fingerprint density at radius 1 is 0.679 bits per heavy atom. The van der Waals surface area contributed by atoms with E-state index in [1.165, 1.54) is 107 Å². The Morgan fingerprint density at radius 3 is 1.75 bits per heavy atom. The van der Waals surface area contributed by atoms with E-state index in [-0.39, 0.29) is 18.4 Å². The lowest BCUT2D eigenvalue weighted by atomic mass is 9.89. The summed E-state index contributed by atoms with van der Waals surface area (Å²) in [5.74, 6) is 0. The van der Waals surface area contributed by atoms with Gasteiger partial charge in [0, 0.05) is 6.04 Å². The highest BCUT2D eigenvalue weighted by molar-refractivity contribution is 5.85. The second-order valence-electron chi connectivity index (χ2n) is 8.42. The number of benzene rings is 1. The maximum Gasteiger partial charge on any atom is 0.0297 e. The van der Waals surface area contributed by atoms with E-state index in [1.807, 2.05) is 0 Å². The summed E-state index contributed by atoms with van der Waals surface area (Å²) < 4.78 is 0. The lowest BCUT2D eigenvalue weighted by molar-refractivity contribution is 0.525. The highest BCUT2D eigenvalue weighted by Crippen LogP contribution is 2.26. The Kier molecular flexibility index (Phi) is 18.1. The summed E-state index contributed by atoms with van der Waals surface area (Å²) in [6, 6.07) is 7.04. The first-order valence-corrected chi connectivity index (χ1v) is 12.1. The van der Waals surface area contributed by atoms with Crippen LogP contribution in [0.1, 0.15) is 133 Å². The number of hydrogen-bond acceptors (Lipinski definition) is 1. The van der Waals surface area contributed by atoms with Gasteiger partial charge in [-0.25, -0.2) is 0 Å². The Balaban J connectivity index is 0.00000729. The van der Waals surface area contributed by atoms with Crippen molar-refractivity contribution in [2.24, 2.45) is 5.73 Å². The number of rotatable bonds is 17. The van der Waals surface area contributed by atoms with E-state index < -0.39 is 0 Å². The fourth-order valence-electron chi connectivity index (χ4n) is 4.24. The van der Waals surface area contributed by atoms with Gasteiger partial charge in [0.1, 0.15) is 0 Å². The highest BCUT2D eigenvalue weighted by Gasteiger charge is 2.13. The highest BCUT2D eigenvalue weighted by atomic mass is 35.5. The van der Waals surface area contributed by atoms with Gasteiger partial charge in [-0.15, -0.1) is 12.4 Å². The van der Waals surface area contributed by atoms with E-state index in [4.69, 9.17) is 5.73 Å². The van der Waals surface area contributed by atoms with Gasteiger partial charge in [-0.05, 0) is 36.0 Å². The molecule has 0 aliphatic rings. The van der Waals surface area contributed by atoms with Crippen molar-refractivity contribution in [3.8, 4) is 0 Å². The summed E-state index contributed by atoms with van der Waals surface area (Å²) >= 11 is 0. The summed E-state index contributed by atoms with van der Waals surface area (Å²) in [6.07, 6.45) is 21.3. The minimum absolute atomic E-state index is 0. The third-order valence-corrected chi connectivity index (χ3v) is 5.85. The van der Waals surface area contributed by atoms with Crippen molar-refractivity contribution in [1.82, 2.24) is 0 Å². The predicted molar refractivity (Wildman–Crippen MR) is 130 cm³/mol. The van der Waals surface area contributed by atoms with Gasteiger partial charge in [0.25, 0.3) is 0 Å². The monoisotopic (exact) mass is 409 g/mol. The zero-order chi connectivity index (χ0) is 19.7. The lowest BCUT2D eigenvalue weighted by Crippen LogP contribution is -2.14. The second kappa shape index (κ2) is 18.5. The van der Waals surface area contributed by atoms with Crippen LogP contribution in [0.5, 0.6) is 0 Å². The van der Waals surface area contributed by atoms with Gasteiger partial charge in [-0.1, -0.05) is 122 Å². The van der Waals surface area contributed by atoms with Gasteiger partial charge < -0.3 is 5.73 Å². The van der Waals surface area contributed by atoms with Crippen LogP contribution in [-0.4, -0.2) is 0 Å². The van der Waals surface area contributed by atoms with Crippen molar-refractivity contribution in [2.75, 3.05) is 0 Å².